The molecular weight excluding hydrogens is 227 g/mol. The van der Waals surface area contributed by atoms with Gasteiger partial charge in [-0.1, -0.05) is 0 Å². The van der Waals surface area contributed by atoms with Gasteiger partial charge in [-0.25, -0.2) is 0 Å². The summed E-state index contributed by atoms with van der Waals surface area (Å²) in [5, 5.41) is 8.71. The van der Waals surface area contributed by atoms with E-state index in [4.69, 9.17) is 5.73 Å². The van der Waals surface area contributed by atoms with Crippen molar-refractivity contribution in [2.24, 2.45) is 5.73 Å². The van der Waals surface area contributed by atoms with Crippen LogP contribution in [0, 0.1) is 0 Å². The van der Waals surface area contributed by atoms with Crippen molar-refractivity contribution in [3.05, 3.63) is 10.0 Å². The molecule has 0 fully saturated rings. The van der Waals surface area contributed by atoms with Crippen molar-refractivity contribution in [2.45, 2.75) is 31.9 Å². The molecule has 1 heterocycles. The fourth-order valence-electron chi connectivity index (χ4n) is 0.992. The minimum atomic E-state index is -4.12. The van der Waals surface area contributed by atoms with Crippen LogP contribution in [-0.2, 0) is 12.8 Å². The van der Waals surface area contributed by atoms with Crippen LogP contribution in [0.4, 0.5) is 13.2 Å². The van der Waals surface area contributed by atoms with Crippen LogP contribution in [0.5, 0.6) is 0 Å². The van der Waals surface area contributed by atoms with Gasteiger partial charge in [-0.3, -0.25) is 0 Å². The Labute approximate surface area is 89.5 Å². The van der Waals surface area contributed by atoms with Gasteiger partial charge in [-0.15, -0.1) is 21.5 Å². The Morgan fingerprint density at radius 1 is 1.13 bits per heavy atom. The van der Waals surface area contributed by atoms with Crippen LogP contribution in [0.25, 0.3) is 0 Å². The number of nitrogens with zero attached hydrogens (tertiary/aromatic N) is 2. The molecule has 0 bridgehead atoms. The number of alkyl halides is 3. The highest BCUT2D eigenvalue weighted by Gasteiger charge is 2.27. The summed E-state index contributed by atoms with van der Waals surface area (Å²) in [5.41, 5.74) is 5.31. The second kappa shape index (κ2) is 5.41. The lowest BCUT2D eigenvalue weighted by Gasteiger charge is -2.02. The first-order chi connectivity index (χ1) is 7.01. The van der Waals surface area contributed by atoms with Crippen molar-refractivity contribution in [1.29, 1.82) is 0 Å². The summed E-state index contributed by atoms with van der Waals surface area (Å²) < 4.78 is 35.7. The molecule has 0 aromatic carbocycles. The lowest BCUT2D eigenvalue weighted by molar-refractivity contribution is -0.134. The molecule has 3 nitrogen and oxygen atoms in total. The van der Waals surface area contributed by atoms with Crippen LogP contribution in [0.3, 0.4) is 0 Å². The maximum atomic E-state index is 11.9. The maximum Gasteiger partial charge on any atom is 0.389 e. The van der Waals surface area contributed by atoms with E-state index < -0.39 is 12.6 Å². The largest absolute Gasteiger partial charge is 0.389 e. The predicted molar refractivity (Wildman–Crippen MR) is 51.7 cm³/mol. The zero-order chi connectivity index (χ0) is 11.3. The van der Waals surface area contributed by atoms with Crippen molar-refractivity contribution < 1.29 is 13.2 Å². The predicted octanol–water partition coefficient (Wildman–Crippen LogP) is 1.92. The lowest BCUT2D eigenvalue weighted by Crippen LogP contribution is -2.08. The van der Waals surface area contributed by atoms with Gasteiger partial charge in [0.25, 0.3) is 0 Å². The Hall–Kier alpha value is -0.690. The molecule has 1 aromatic rings. The van der Waals surface area contributed by atoms with Gasteiger partial charge in [0, 0.05) is 19.3 Å². The van der Waals surface area contributed by atoms with Crippen molar-refractivity contribution >= 4 is 11.3 Å². The van der Waals surface area contributed by atoms with E-state index in [9.17, 15) is 13.2 Å². The van der Waals surface area contributed by atoms with E-state index in [1.54, 1.807) is 0 Å². The minimum absolute atomic E-state index is 0.0796. The number of halogens is 3. The Bertz CT molecular complexity index is 298. The summed E-state index contributed by atoms with van der Waals surface area (Å²) >= 11 is 1.24. The zero-order valence-electron chi connectivity index (χ0n) is 8.05. The Balaban J connectivity index is 2.39. The van der Waals surface area contributed by atoms with E-state index in [0.717, 1.165) is 11.4 Å². The molecule has 0 amide bonds. The van der Waals surface area contributed by atoms with E-state index in [-0.39, 0.29) is 6.42 Å². The summed E-state index contributed by atoms with van der Waals surface area (Å²) in [6.45, 7) is 0.553. The minimum Gasteiger partial charge on any atom is -0.330 e. The number of aromatic nitrogens is 2. The van der Waals surface area contributed by atoms with Gasteiger partial charge in [-0.05, 0) is 13.0 Å². The molecule has 0 aliphatic rings. The normalized spacial score (nSPS) is 12.0. The summed E-state index contributed by atoms with van der Waals surface area (Å²) in [7, 11) is 0. The van der Waals surface area contributed by atoms with Crippen LogP contribution in [-0.4, -0.2) is 22.9 Å². The number of aryl methyl sites for hydroxylation is 2. The van der Waals surface area contributed by atoms with Gasteiger partial charge in [0.15, 0.2) is 0 Å². The van der Waals surface area contributed by atoms with Crippen LogP contribution in [0.15, 0.2) is 0 Å². The monoisotopic (exact) mass is 239 g/mol. The van der Waals surface area contributed by atoms with Crippen molar-refractivity contribution in [3.8, 4) is 0 Å². The molecule has 0 saturated carbocycles. The Morgan fingerprint density at radius 2 is 1.73 bits per heavy atom. The first kappa shape index (κ1) is 12.4. The second-order valence-corrected chi connectivity index (χ2v) is 4.24. The van der Waals surface area contributed by atoms with E-state index in [1.807, 2.05) is 0 Å². The molecule has 0 aliphatic carbocycles. The number of hydrogen-bond acceptors (Lipinski definition) is 4. The molecule has 0 spiro atoms. The van der Waals surface area contributed by atoms with Crippen LogP contribution in [0.1, 0.15) is 22.9 Å². The number of rotatable bonds is 5. The van der Waals surface area contributed by atoms with Gasteiger partial charge in [0.05, 0.1) is 0 Å². The van der Waals surface area contributed by atoms with E-state index in [2.05, 4.69) is 10.2 Å². The van der Waals surface area contributed by atoms with Gasteiger partial charge >= 0.3 is 6.18 Å². The smallest absolute Gasteiger partial charge is 0.330 e. The standard InChI is InChI=1S/C8H12F3N3S/c9-8(10,11)4-3-7-14-13-6(15-7)2-1-5-12/h1-5,12H2. The molecule has 2 N–H and O–H groups in total. The highest BCUT2D eigenvalue weighted by atomic mass is 32.1. The van der Waals surface area contributed by atoms with Crippen LogP contribution in [0.2, 0.25) is 0 Å². The molecule has 1 aromatic heterocycles. The quantitative estimate of drug-likeness (QED) is 0.854. The van der Waals surface area contributed by atoms with Crippen molar-refractivity contribution in [2.75, 3.05) is 6.54 Å². The molecule has 1 rings (SSSR count). The summed E-state index contributed by atoms with van der Waals surface area (Å²) in [4.78, 5) is 0. The fourth-order valence-corrected chi connectivity index (χ4v) is 1.88. The molecule has 15 heavy (non-hydrogen) atoms. The summed E-state index contributed by atoms with van der Waals surface area (Å²) in [6.07, 6.45) is -3.56. The van der Waals surface area contributed by atoms with Gasteiger partial charge in [0.2, 0.25) is 0 Å². The third-order valence-electron chi connectivity index (χ3n) is 1.73. The third-order valence-corrected chi connectivity index (χ3v) is 2.77. The second-order valence-electron chi connectivity index (χ2n) is 3.10. The Kier molecular flexibility index (Phi) is 4.46. The van der Waals surface area contributed by atoms with Crippen molar-refractivity contribution in [3.63, 3.8) is 0 Å². The lowest BCUT2D eigenvalue weighted by atomic mass is 10.3. The van der Waals surface area contributed by atoms with Gasteiger partial charge in [0.1, 0.15) is 10.0 Å². The highest BCUT2D eigenvalue weighted by Crippen LogP contribution is 2.23. The zero-order valence-corrected chi connectivity index (χ0v) is 8.87. The first-order valence-electron chi connectivity index (χ1n) is 4.59. The molecular formula is C8H12F3N3S. The van der Waals surface area contributed by atoms with Gasteiger partial charge in [-0.2, -0.15) is 13.2 Å². The van der Waals surface area contributed by atoms with Gasteiger partial charge < -0.3 is 5.73 Å². The maximum absolute atomic E-state index is 11.9. The van der Waals surface area contributed by atoms with Crippen molar-refractivity contribution in [1.82, 2.24) is 10.2 Å². The molecule has 86 valence electrons. The van der Waals surface area contributed by atoms with E-state index in [0.29, 0.717) is 18.0 Å². The average Bonchev–Trinajstić information content (AvgIpc) is 2.58. The molecule has 7 heteroatoms. The molecule has 0 atom stereocenters. The van der Waals surface area contributed by atoms with E-state index >= 15 is 0 Å². The summed E-state index contributed by atoms with van der Waals surface area (Å²) in [5.74, 6) is 0. The number of nitrogens with two attached hydrogens (primary N) is 1. The topological polar surface area (TPSA) is 51.8 Å². The Morgan fingerprint density at radius 3 is 2.27 bits per heavy atom. The average molecular weight is 239 g/mol. The molecule has 0 unspecified atom stereocenters. The molecule has 0 aliphatic heterocycles. The number of hydrogen-bond donors (Lipinski definition) is 1. The first-order valence-corrected chi connectivity index (χ1v) is 5.41. The molecule has 0 radical (unpaired) electrons. The third kappa shape index (κ3) is 5.08. The highest BCUT2D eigenvalue weighted by molar-refractivity contribution is 7.11. The summed E-state index contributed by atoms with van der Waals surface area (Å²) in [6, 6.07) is 0. The SMILES string of the molecule is NCCCc1nnc(CCC(F)(F)F)s1. The fraction of sp³-hybridized carbons (Fsp3) is 0.750. The van der Waals surface area contributed by atoms with Crippen LogP contribution < -0.4 is 5.73 Å². The molecule has 0 saturated heterocycles. The van der Waals surface area contributed by atoms with E-state index in [1.165, 1.54) is 11.3 Å². The van der Waals surface area contributed by atoms with Crippen LogP contribution >= 0.6 is 11.3 Å².